The summed E-state index contributed by atoms with van der Waals surface area (Å²) in [7, 11) is 0. The summed E-state index contributed by atoms with van der Waals surface area (Å²) in [6.45, 7) is 14.7. The topological polar surface area (TPSA) is 47.8 Å². The Labute approximate surface area is 213 Å². The molecule has 1 N–H and O–H groups in total. The highest BCUT2D eigenvalue weighted by Gasteiger charge is 2.59. The highest BCUT2D eigenvalue weighted by molar-refractivity contribution is 5.95. The van der Waals surface area contributed by atoms with Gasteiger partial charge in [-0.15, -0.1) is 0 Å². The van der Waals surface area contributed by atoms with Gasteiger partial charge in [0.15, 0.2) is 5.78 Å². The zero-order chi connectivity index (χ0) is 25.0. The Balaban J connectivity index is 1.16. The molecule has 0 aromatic heterocycles. The first-order valence-corrected chi connectivity index (χ1v) is 14.8. The van der Waals surface area contributed by atoms with Crippen LogP contribution in [0.2, 0.25) is 0 Å². The molecule has 5 rings (SSSR count). The minimum Gasteiger partial charge on any atom is -0.462 e. The van der Waals surface area contributed by atoms with Gasteiger partial charge in [-0.25, -0.2) is 0 Å². The largest absolute Gasteiger partial charge is 0.462 e. The molecule has 4 heteroatoms. The van der Waals surface area contributed by atoms with E-state index in [1.807, 2.05) is 0 Å². The molecule has 4 nitrogen and oxygen atoms in total. The fourth-order valence-electron chi connectivity index (χ4n) is 9.85. The molecule has 8 atom stereocenters. The molecule has 196 valence electrons. The number of ketones is 1. The lowest BCUT2D eigenvalue weighted by atomic mass is 9.44. The molecule has 0 bridgehead atoms. The van der Waals surface area contributed by atoms with Crippen LogP contribution in [0.3, 0.4) is 0 Å². The molecule has 0 aromatic carbocycles. The summed E-state index contributed by atoms with van der Waals surface area (Å²) in [5.41, 5.74) is 2.01. The van der Waals surface area contributed by atoms with Crippen LogP contribution in [-0.2, 0) is 14.3 Å². The zero-order valence-electron chi connectivity index (χ0n) is 23.1. The number of carbonyl (C=O) groups is 2. The van der Waals surface area contributed by atoms with Gasteiger partial charge in [0.25, 0.3) is 0 Å². The average Bonchev–Trinajstić information content (AvgIpc) is 3.15. The molecule has 4 fully saturated rings. The second-order valence-corrected chi connectivity index (χ2v) is 14.4. The van der Waals surface area contributed by atoms with E-state index in [-0.39, 0.29) is 17.5 Å². The van der Waals surface area contributed by atoms with Crippen LogP contribution >= 0.6 is 0 Å². The molecule has 0 radical (unpaired) electrons. The Morgan fingerprint density at radius 1 is 1.03 bits per heavy atom. The van der Waals surface area contributed by atoms with Crippen LogP contribution in [0.5, 0.6) is 0 Å². The average molecular weight is 485 g/mol. The van der Waals surface area contributed by atoms with Crippen molar-refractivity contribution in [3.63, 3.8) is 0 Å². The van der Waals surface area contributed by atoms with E-state index in [4.69, 9.17) is 4.74 Å². The monoisotopic (exact) mass is 484 g/mol. The van der Waals surface area contributed by atoms with Gasteiger partial charge in [-0.2, -0.15) is 0 Å². The van der Waals surface area contributed by atoms with Crippen LogP contribution in [0.15, 0.2) is 11.6 Å². The zero-order valence-corrected chi connectivity index (χ0v) is 23.1. The van der Waals surface area contributed by atoms with Crippen molar-refractivity contribution in [2.24, 2.45) is 39.9 Å². The quantitative estimate of drug-likeness (QED) is 0.548. The first kappa shape index (κ1) is 25.5. The Morgan fingerprint density at radius 2 is 1.83 bits per heavy atom. The molecule has 3 saturated carbocycles. The van der Waals surface area contributed by atoms with Crippen molar-refractivity contribution >= 4 is 11.8 Å². The van der Waals surface area contributed by atoms with Crippen LogP contribution in [0.4, 0.5) is 0 Å². The molecule has 4 aliphatic carbocycles. The fourth-order valence-corrected chi connectivity index (χ4v) is 9.85. The second kappa shape index (κ2) is 9.30. The SMILES string of the molecule is CC(=O)C1=CCC2C3CCC4CC(OC(=O)CC[NH+]5CCCC(C)(C)C5)CCC4(C)C3CCC12C. The van der Waals surface area contributed by atoms with E-state index in [0.29, 0.717) is 34.9 Å². The molecule has 1 heterocycles. The molecule has 0 aromatic rings. The van der Waals surface area contributed by atoms with Crippen LogP contribution < -0.4 is 4.90 Å². The summed E-state index contributed by atoms with van der Waals surface area (Å²) in [6, 6.07) is 0. The highest BCUT2D eigenvalue weighted by atomic mass is 16.5. The Hall–Kier alpha value is -1.16. The number of rotatable bonds is 5. The molecular weight excluding hydrogens is 434 g/mol. The normalized spacial score (nSPS) is 44.4. The van der Waals surface area contributed by atoms with Gasteiger partial charge in [0, 0.05) is 5.41 Å². The van der Waals surface area contributed by atoms with E-state index in [0.717, 1.165) is 43.2 Å². The first-order valence-electron chi connectivity index (χ1n) is 14.8. The molecule has 35 heavy (non-hydrogen) atoms. The van der Waals surface area contributed by atoms with Gasteiger partial charge in [0.2, 0.25) is 0 Å². The number of ether oxygens (including phenoxy) is 1. The number of Topliss-reactive ketones (excluding diaryl/α,β-unsaturated/α-hetero) is 1. The van der Waals surface area contributed by atoms with E-state index < -0.39 is 0 Å². The third-order valence-electron chi connectivity index (χ3n) is 11.7. The van der Waals surface area contributed by atoms with Crippen molar-refractivity contribution in [3.05, 3.63) is 11.6 Å². The van der Waals surface area contributed by atoms with Crippen molar-refractivity contribution in [3.8, 4) is 0 Å². The Bertz CT molecular complexity index is 876. The number of hydrogen-bond donors (Lipinski definition) is 1. The molecule has 0 spiro atoms. The Kier molecular flexibility index (Phi) is 6.77. The van der Waals surface area contributed by atoms with E-state index in [1.165, 1.54) is 58.0 Å². The van der Waals surface area contributed by atoms with Crippen molar-refractivity contribution < 1.29 is 19.2 Å². The minimum atomic E-state index is 0.0328. The number of carbonyl (C=O) groups excluding carboxylic acids is 2. The maximum atomic E-state index is 12.8. The summed E-state index contributed by atoms with van der Waals surface area (Å²) in [5.74, 6) is 3.16. The van der Waals surface area contributed by atoms with Crippen molar-refractivity contribution in [1.82, 2.24) is 0 Å². The number of allylic oxidation sites excluding steroid dienone is 2. The summed E-state index contributed by atoms with van der Waals surface area (Å²) in [5, 5.41) is 0. The van der Waals surface area contributed by atoms with Gasteiger partial charge in [-0.3, -0.25) is 9.59 Å². The number of likely N-dealkylation sites (tertiary alicyclic amines) is 1. The Morgan fingerprint density at radius 3 is 2.57 bits per heavy atom. The van der Waals surface area contributed by atoms with Gasteiger partial charge in [0.1, 0.15) is 6.10 Å². The van der Waals surface area contributed by atoms with E-state index in [1.54, 1.807) is 11.8 Å². The molecule has 1 aliphatic heterocycles. The maximum absolute atomic E-state index is 12.8. The van der Waals surface area contributed by atoms with Gasteiger partial charge in [0.05, 0.1) is 26.1 Å². The molecular formula is C31H50NO3+. The standard InChI is InChI=1S/C31H49NO3/c1-21(33)25-9-10-26-24-8-7-22-19-23(11-15-30(22,4)27(24)12-16-31(25,26)5)35-28(34)13-18-32-17-6-14-29(2,3)20-32/h9,22-24,26-27H,6-8,10-20H2,1-5H3/p+1. The smallest absolute Gasteiger partial charge is 0.311 e. The third kappa shape index (κ3) is 4.66. The number of piperidine rings is 1. The van der Waals surface area contributed by atoms with Crippen molar-refractivity contribution in [1.29, 1.82) is 0 Å². The lowest BCUT2D eigenvalue weighted by Crippen LogP contribution is -3.14. The summed E-state index contributed by atoms with van der Waals surface area (Å²) >= 11 is 0. The van der Waals surface area contributed by atoms with Crippen LogP contribution in [0.25, 0.3) is 0 Å². The molecule has 5 aliphatic rings. The van der Waals surface area contributed by atoms with Crippen molar-refractivity contribution in [2.75, 3.05) is 19.6 Å². The molecule has 1 saturated heterocycles. The highest BCUT2D eigenvalue weighted by Crippen LogP contribution is 2.66. The lowest BCUT2D eigenvalue weighted by Gasteiger charge is -2.60. The van der Waals surface area contributed by atoms with Gasteiger partial charge in [-0.1, -0.05) is 33.8 Å². The number of esters is 1. The van der Waals surface area contributed by atoms with Crippen LogP contribution in [-0.4, -0.2) is 37.5 Å². The molecule has 8 unspecified atom stereocenters. The summed E-state index contributed by atoms with van der Waals surface area (Å²) in [4.78, 5) is 26.7. The number of quaternary nitrogens is 1. The number of nitrogens with one attached hydrogen (secondary N) is 1. The third-order valence-corrected chi connectivity index (χ3v) is 11.7. The number of fused-ring (bicyclic) bond motifs is 5. The fraction of sp³-hybridized carbons (Fsp3) is 0.871. The second-order valence-electron chi connectivity index (χ2n) is 14.4. The van der Waals surface area contributed by atoms with E-state index in [9.17, 15) is 9.59 Å². The van der Waals surface area contributed by atoms with Crippen molar-refractivity contribution in [2.45, 2.75) is 111 Å². The van der Waals surface area contributed by atoms with Crippen LogP contribution in [0.1, 0.15) is 105 Å². The molecule has 0 amide bonds. The minimum absolute atomic E-state index is 0.0328. The lowest BCUT2D eigenvalue weighted by molar-refractivity contribution is -0.911. The number of hydrogen-bond acceptors (Lipinski definition) is 3. The maximum Gasteiger partial charge on any atom is 0.311 e. The van der Waals surface area contributed by atoms with Gasteiger partial charge in [-0.05, 0) is 111 Å². The van der Waals surface area contributed by atoms with Gasteiger partial charge >= 0.3 is 5.97 Å². The van der Waals surface area contributed by atoms with E-state index in [2.05, 4.69) is 33.8 Å². The van der Waals surface area contributed by atoms with Crippen LogP contribution in [0, 0.1) is 39.9 Å². The summed E-state index contributed by atoms with van der Waals surface area (Å²) < 4.78 is 6.09. The van der Waals surface area contributed by atoms with E-state index >= 15 is 0 Å². The van der Waals surface area contributed by atoms with Gasteiger partial charge < -0.3 is 9.64 Å². The summed E-state index contributed by atoms with van der Waals surface area (Å²) in [6.07, 6.45) is 14.9. The predicted molar refractivity (Wildman–Crippen MR) is 139 cm³/mol. The predicted octanol–water partition coefficient (Wildman–Crippen LogP) is 5.16. The first-order chi connectivity index (χ1) is 16.5.